The maximum Gasteiger partial charge on any atom is 0.282 e. The Morgan fingerprint density at radius 3 is 2.59 bits per heavy atom. The molecule has 1 N–H and O–H groups in total. The highest BCUT2D eigenvalue weighted by atomic mass is 16.6. The first kappa shape index (κ1) is 15.0. The topological polar surface area (TPSA) is 83.7 Å². The number of nitro groups is 1. The molecule has 1 spiro atoms. The third-order valence-corrected chi connectivity index (χ3v) is 5.08. The van der Waals surface area contributed by atoms with Gasteiger partial charge in [-0.1, -0.05) is 0 Å². The van der Waals surface area contributed by atoms with Crippen LogP contribution in [0.2, 0.25) is 0 Å². The molecule has 1 aliphatic carbocycles. The van der Waals surface area contributed by atoms with Crippen LogP contribution in [-0.4, -0.2) is 40.0 Å². The van der Waals surface area contributed by atoms with Crippen molar-refractivity contribution in [3.8, 4) is 0 Å². The molecule has 0 bridgehead atoms. The summed E-state index contributed by atoms with van der Waals surface area (Å²) in [5.74, 6) is -0.336. The Labute approximate surface area is 128 Å². The van der Waals surface area contributed by atoms with Crippen LogP contribution >= 0.6 is 0 Å². The Hall–Kier alpha value is -1.95. The number of carbonyl (C=O) groups is 1. The molecule has 0 aromatic heterocycles. The number of hydrogen-bond acceptors (Lipinski definition) is 4. The molecule has 1 saturated carbocycles. The molecule has 3 rings (SSSR count). The molecule has 1 saturated heterocycles. The Morgan fingerprint density at radius 2 is 2.05 bits per heavy atom. The molecule has 2 fully saturated rings. The summed E-state index contributed by atoms with van der Waals surface area (Å²) in [5.41, 5.74) is 1.78. The highest BCUT2D eigenvalue weighted by Gasteiger charge is 2.53. The van der Waals surface area contributed by atoms with Crippen molar-refractivity contribution in [3.05, 3.63) is 38.9 Å². The van der Waals surface area contributed by atoms with E-state index in [0.717, 1.165) is 30.4 Å². The number of hydrogen-bond donors (Lipinski definition) is 1. The van der Waals surface area contributed by atoms with Crippen LogP contribution in [-0.2, 0) is 0 Å². The number of aliphatic hydroxyl groups is 1. The van der Waals surface area contributed by atoms with Gasteiger partial charge in [-0.3, -0.25) is 14.9 Å². The average Bonchev–Trinajstić information content (AvgIpc) is 3.12. The zero-order valence-electron chi connectivity index (χ0n) is 12.8. The summed E-state index contributed by atoms with van der Waals surface area (Å²) in [5, 5.41) is 20.8. The Balaban J connectivity index is 1.98. The largest absolute Gasteiger partial charge is 0.394 e. The maximum atomic E-state index is 12.8. The first-order valence-electron chi connectivity index (χ1n) is 7.54. The average molecular weight is 304 g/mol. The van der Waals surface area contributed by atoms with Crippen molar-refractivity contribution in [1.29, 1.82) is 0 Å². The SMILES string of the molecule is Cc1cc(C(=O)N2CC3(CC3)C[C@H]2CO)c([N+](=O)[O-])cc1C. The lowest BCUT2D eigenvalue weighted by molar-refractivity contribution is -0.385. The van der Waals surface area contributed by atoms with Gasteiger partial charge < -0.3 is 10.0 Å². The molecule has 0 unspecified atom stereocenters. The van der Waals surface area contributed by atoms with Gasteiger partial charge in [0.05, 0.1) is 17.6 Å². The van der Waals surface area contributed by atoms with E-state index in [-0.39, 0.29) is 35.2 Å². The highest BCUT2D eigenvalue weighted by molar-refractivity contribution is 5.99. The van der Waals surface area contributed by atoms with Crippen LogP contribution in [0.15, 0.2) is 12.1 Å². The van der Waals surface area contributed by atoms with Crippen LogP contribution in [0.25, 0.3) is 0 Å². The lowest BCUT2D eigenvalue weighted by Gasteiger charge is -2.23. The fraction of sp³-hybridized carbons (Fsp3) is 0.562. The quantitative estimate of drug-likeness (QED) is 0.685. The molecular weight excluding hydrogens is 284 g/mol. The van der Waals surface area contributed by atoms with Crippen molar-refractivity contribution >= 4 is 11.6 Å². The highest BCUT2D eigenvalue weighted by Crippen LogP contribution is 2.55. The van der Waals surface area contributed by atoms with E-state index in [1.54, 1.807) is 17.9 Å². The number of aliphatic hydroxyl groups excluding tert-OH is 1. The van der Waals surface area contributed by atoms with Gasteiger partial charge in [-0.15, -0.1) is 0 Å². The molecule has 1 amide bonds. The van der Waals surface area contributed by atoms with Crippen LogP contribution < -0.4 is 0 Å². The van der Waals surface area contributed by atoms with Gasteiger partial charge in [0.15, 0.2) is 0 Å². The summed E-state index contributed by atoms with van der Waals surface area (Å²) in [6, 6.07) is 2.83. The number of rotatable bonds is 3. The molecule has 1 atom stereocenters. The molecule has 1 heterocycles. The molecule has 1 aliphatic heterocycles. The number of likely N-dealkylation sites (tertiary alicyclic amines) is 1. The molecule has 6 nitrogen and oxygen atoms in total. The minimum absolute atomic E-state index is 0.0911. The predicted molar refractivity (Wildman–Crippen MR) is 80.8 cm³/mol. The van der Waals surface area contributed by atoms with E-state index in [2.05, 4.69) is 0 Å². The maximum absolute atomic E-state index is 12.8. The summed E-state index contributed by atoms with van der Waals surface area (Å²) in [4.78, 5) is 25.2. The van der Waals surface area contributed by atoms with Crippen molar-refractivity contribution < 1.29 is 14.8 Å². The number of aryl methyl sites for hydroxylation is 2. The van der Waals surface area contributed by atoms with Crippen LogP contribution in [0.3, 0.4) is 0 Å². The van der Waals surface area contributed by atoms with Crippen LogP contribution in [0.5, 0.6) is 0 Å². The number of nitro benzene ring substituents is 1. The van der Waals surface area contributed by atoms with Gasteiger partial charge in [0.1, 0.15) is 5.56 Å². The minimum atomic E-state index is -0.503. The molecule has 1 aromatic carbocycles. The summed E-state index contributed by atoms with van der Waals surface area (Å²) in [7, 11) is 0. The second-order valence-electron chi connectivity index (χ2n) is 6.68. The minimum Gasteiger partial charge on any atom is -0.394 e. The molecule has 22 heavy (non-hydrogen) atoms. The van der Waals surface area contributed by atoms with Crippen LogP contribution in [0.4, 0.5) is 5.69 Å². The third-order valence-electron chi connectivity index (χ3n) is 5.08. The molecule has 6 heteroatoms. The van der Waals surface area contributed by atoms with Crippen molar-refractivity contribution in [2.24, 2.45) is 5.41 Å². The zero-order chi connectivity index (χ0) is 16.1. The smallest absolute Gasteiger partial charge is 0.282 e. The van der Waals surface area contributed by atoms with Crippen LogP contribution in [0, 0.1) is 29.4 Å². The summed E-state index contributed by atoms with van der Waals surface area (Å²) in [6.45, 7) is 4.14. The Kier molecular flexibility index (Phi) is 3.44. The van der Waals surface area contributed by atoms with E-state index in [0.29, 0.717) is 6.54 Å². The molecule has 2 aliphatic rings. The lowest BCUT2D eigenvalue weighted by Crippen LogP contribution is -2.38. The standard InChI is InChI=1S/C16H20N2O4/c1-10-5-13(14(18(21)22)6-11(10)2)15(20)17-9-16(3-4-16)7-12(17)8-19/h5-6,12,19H,3-4,7-9H2,1-2H3/t12-/m0/s1. The van der Waals surface area contributed by atoms with E-state index in [1.165, 1.54) is 6.07 Å². The van der Waals surface area contributed by atoms with E-state index in [1.807, 2.05) is 6.92 Å². The lowest BCUT2D eigenvalue weighted by atomic mass is 10.0. The van der Waals surface area contributed by atoms with Gasteiger partial charge in [0.2, 0.25) is 0 Å². The zero-order valence-corrected chi connectivity index (χ0v) is 12.8. The van der Waals surface area contributed by atoms with Gasteiger partial charge in [-0.2, -0.15) is 0 Å². The monoisotopic (exact) mass is 304 g/mol. The molecule has 1 aromatic rings. The van der Waals surface area contributed by atoms with Gasteiger partial charge in [0.25, 0.3) is 11.6 Å². The van der Waals surface area contributed by atoms with E-state index >= 15 is 0 Å². The van der Waals surface area contributed by atoms with E-state index in [9.17, 15) is 20.0 Å². The number of nitrogens with zero attached hydrogens (tertiary/aromatic N) is 2. The van der Waals surface area contributed by atoms with Gasteiger partial charge in [-0.05, 0) is 55.7 Å². The van der Waals surface area contributed by atoms with E-state index in [4.69, 9.17) is 0 Å². The summed E-state index contributed by atoms with van der Waals surface area (Å²) >= 11 is 0. The first-order valence-corrected chi connectivity index (χ1v) is 7.54. The second-order valence-corrected chi connectivity index (χ2v) is 6.68. The first-order chi connectivity index (χ1) is 10.4. The third kappa shape index (κ3) is 2.37. The van der Waals surface area contributed by atoms with Gasteiger partial charge in [-0.25, -0.2) is 0 Å². The predicted octanol–water partition coefficient (Wildman–Crippen LogP) is 2.20. The number of amides is 1. The Morgan fingerprint density at radius 1 is 1.41 bits per heavy atom. The molecule has 118 valence electrons. The van der Waals surface area contributed by atoms with Gasteiger partial charge in [0, 0.05) is 12.6 Å². The van der Waals surface area contributed by atoms with Crippen LogP contribution in [0.1, 0.15) is 40.7 Å². The normalized spacial score (nSPS) is 22.1. The number of benzene rings is 1. The summed E-state index contributed by atoms with van der Waals surface area (Å²) < 4.78 is 0. The van der Waals surface area contributed by atoms with Crippen molar-refractivity contribution in [2.75, 3.05) is 13.2 Å². The van der Waals surface area contributed by atoms with Gasteiger partial charge >= 0.3 is 0 Å². The fourth-order valence-corrected chi connectivity index (χ4v) is 3.38. The summed E-state index contributed by atoms with van der Waals surface area (Å²) in [6.07, 6.45) is 2.94. The second kappa shape index (κ2) is 5.05. The number of carbonyl (C=O) groups excluding carboxylic acids is 1. The van der Waals surface area contributed by atoms with Crippen molar-refractivity contribution in [1.82, 2.24) is 4.90 Å². The molecule has 0 radical (unpaired) electrons. The van der Waals surface area contributed by atoms with E-state index < -0.39 is 4.92 Å². The van der Waals surface area contributed by atoms with Crippen molar-refractivity contribution in [2.45, 2.75) is 39.2 Å². The molecular formula is C16H20N2O4. The van der Waals surface area contributed by atoms with Crippen molar-refractivity contribution in [3.63, 3.8) is 0 Å². The Bertz CT molecular complexity index is 652. The fourth-order valence-electron chi connectivity index (χ4n) is 3.38.